The summed E-state index contributed by atoms with van der Waals surface area (Å²) in [4.78, 5) is 10.8. The second-order valence-electron chi connectivity index (χ2n) is 3.79. The Labute approximate surface area is 105 Å². The number of allylic oxidation sites excluding steroid dienone is 2. The van der Waals surface area contributed by atoms with Crippen LogP contribution in [0.5, 0.6) is 0 Å². The summed E-state index contributed by atoms with van der Waals surface area (Å²) in [6.45, 7) is 0. The van der Waals surface area contributed by atoms with Crippen LogP contribution in [0.25, 0.3) is 5.70 Å². The van der Waals surface area contributed by atoms with Crippen molar-refractivity contribution in [2.45, 2.75) is 19.3 Å². The molecule has 2 rings (SSSR count). The number of pyridine rings is 1. The maximum atomic E-state index is 10.8. The molecule has 0 radical (unpaired) electrons. The number of carboxylic acids is 1. The van der Waals surface area contributed by atoms with E-state index in [2.05, 4.69) is 4.57 Å². The molecule has 0 aromatic carbocycles. The summed E-state index contributed by atoms with van der Waals surface area (Å²) in [5.74, 6) is -0.874. The molecule has 1 heterocycles. The quantitative estimate of drug-likeness (QED) is 0.686. The molecule has 1 aromatic heterocycles. The van der Waals surface area contributed by atoms with Gasteiger partial charge >= 0.3 is 5.97 Å². The number of aromatic nitrogens is 1. The van der Waals surface area contributed by atoms with Gasteiger partial charge in [0.2, 0.25) is 0 Å². The van der Waals surface area contributed by atoms with Gasteiger partial charge in [0.15, 0.2) is 18.1 Å². The summed E-state index contributed by atoms with van der Waals surface area (Å²) in [7, 11) is 0. The summed E-state index contributed by atoms with van der Waals surface area (Å²) in [6.07, 6.45) is 8.24. The SMILES string of the molecule is O=C(O)C1CC=C([n+]2ccccc2)CC1.[Br-]. The van der Waals surface area contributed by atoms with Gasteiger partial charge in [-0.25, -0.2) is 0 Å². The van der Waals surface area contributed by atoms with Gasteiger partial charge in [-0.15, -0.1) is 0 Å². The molecule has 1 aliphatic rings. The molecule has 0 amide bonds. The number of nitrogens with zero attached hydrogens (tertiary/aromatic N) is 1. The molecular formula is C12H14BrNO2. The van der Waals surface area contributed by atoms with Crippen molar-refractivity contribution in [3.8, 4) is 0 Å². The Morgan fingerprint density at radius 3 is 2.50 bits per heavy atom. The first-order chi connectivity index (χ1) is 7.27. The molecular weight excluding hydrogens is 270 g/mol. The fraction of sp³-hybridized carbons (Fsp3) is 0.333. The smallest absolute Gasteiger partial charge is 0.306 e. The number of hydrogen-bond acceptors (Lipinski definition) is 1. The fourth-order valence-electron chi connectivity index (χ4n) is 1.87. The van der Waals surface area contributed by atoms with E-state index in [0.29, 0.717) is 6.42 Å². The summed E-state index contributed by atoms with van der Waals surface area (Å²) in [5, 5.41) is 8.86. The van der Waals surface area contributed by atoms with Crippen LogP contribution in [-0.4, -0.2) is 11.1 Å². The van der Waals surface area contributed by atoms with Crippen molar-refractivity contribution >= 4 is 11.7 Å². The van der Waals surface area contributed by atoms with Gasteiger partial charge < -0.3 is 22.1 Å². The Morgan fingerprint density at radius 1 is 1.31 bits per heavy atom. The van der Waals surface area contributed by atoms with Gasteiger partial charge in [0, 0.05) is 18.6 Å². The minimum absolute atomic E-state index is 0. The van der Waals surface area contributed by atoms with E-state index in [4.69, 9.17) is 5.11 Å². The lowest BCUT2D eigenvalue weighted by Gasteiger charge is -2.14. The van der Waals surface area contributed by atoms with Crippen LogP contribution in [0.3, 0.4) is 0 Å². The molecule has 1 atom stereocenters. The average Bonchev–Trinajstić information content (AvgIpc) is 2.30. The molecule has 0 bridgehead atoms. The van der Waals surface area contributed by atoms with Crippen LogP contribution in [0, 0.1) is 5.92 Å². The molecule has 0 fully saturated rings. The zero-order chi connectivity index (χ0) is 10.7. The van der Waals surface area contributed by atoms with E-state index >= 15 is 0 Å². The number of carbonyl (C=O) groups is 1. The van der Waals surface area contributed by atoms with Gasteiger partial charge in [-0.05, 0) is 18.9 Å². The first-order valence-corrected chi connectivity index (χ1v) is 5.16. The van der Waals surface area contributed by atoms with E-state index in [9.17, 15) is 4.79 Å². The topological polar surface area (TPSA) is 41.2 Å². The fourth-order valence-corrected chi connectivity index (χ4v) is 1.87. The van der Waals surface area contributed by atoms with Gasteiger partial charge in [0.1, 0.15) is 0 Å². The summed E-state index contributed by atoms with van der Waals surface area (Å²) in [6, 6.07) is 5.92. The van der Waals surface area contributed by atoms with Gasteiger partial charge in [0.05, 0.1) is 5.92 Å². The molecule has 4 heteroatoms. The molecule has 0 saturated heterocycles. The van der Waals surface area contributed by atoms with Crippen LogP contribution in [0.2, 0.25) is 0 Å². The van der Waals surface area contributed by atoms with Crippen molar-refractivity contribution < 1.29 is 31.4 Å². The normalized spacial score (nSPS) is 19.5. The highest BCUT2D eigenvalue weighted by Gasteiger charge is 2.24. The van der Waals surface area contributed by atoms with Gasteiger partial charge in [-0.3, -0.25) is 4.79 Å². The number of carboxylic acid groups (broad SMARTS) is 1. The zero-order valence-corrected chi connectivity index (χ0v) is 10.4. The zero-order valence-electron chi connectivity index (χ0n) is 8.84. The second kappa shape index (κ2) is 5.80. The van der Waals surface area contributed by atoms with Gasteiger partial charge in [-0.1, -0.05) is 6.07 Å². The Bertz CT molecular complexity index is 389. The maximum absolute atomic E-state index is 10.8. The Balaban J connectivity index is 0.00000128. The summed E-state index contributed by atoms with van der Waals surface area (Å²) >= 11 is 0. The van der Waals surface area contributed by atoms with Crippen molar-refractivity contribution in [2.24, 2.45) is 5.92 Å². The highest BCUT2D eigenvalue weighted by Crippen LogP contribution is 2.23. The Kier molecular flexibility index (Phi) is 4.68. The van der Waals surface area contributed by atoms with E-state index in [1.807, 2.05) is 36.7 Å². The van der Waals surface area contributed by atoms with Crippen molar-refractivity contribution in [3.63, 3.8) is 0 Å². The molecule has 86 valence electrons. The van der Waals surface area contributed by atoms with E-state index in [0.717, 1.165) is 12.8 Å². The molecule has 1 aliphatic carbocycles. The van der Waals surface area contributed by atoms with E-state index in [1.54, 1.807) is 0 Å². The highest BCUT2D eigenvalue weighted by atomic mass is 79.9. The molecule has 1 unspecified atom stereocenters. The number of hydrogen-bond donors (Lipinski definition) is 1. The van der Waals surface area contributed by atoms with Crippen LogP contribution in [-0.2, 0) is 4.79 Å². The predicted octanol–water partition coefficient (Wildman–Crippen LogP) is -1.30. The molecule has 3 nitrogen and oxygen atoms in total. The third kappa shape index (κ3) is 2.92. The van der Waals surface area contributed by atoms with E-state index in [1.165, 1.54) is 5.70 Å². The molecule has 1 N–H and O–H groups in total. The first kappa shape index (κ1) is 12.9. The lowest BCUT2D eigenvalue weighted by molar-refractivity contribution is -0.584. The largest absolute Gasteiger partial charge is 1.00 e. The number of aliphatic carboxylic acids is 1. The lowest BCUT2D eigenvalue weighted by atomic mass is 9.92. The van der Waals surface area contributed by atoms with Crippen molar-refractivity contribution in [1.29, 1.82) is 0 Å². The first-order valence-electron chi connectivity index (χ1n) is 5.16. The van der Waals surface area contributed by atoms with Crippen molar-refractivity contribution in [2.75, 3.05) is 0 Å². The Morgan fingerprint density at radius 2 is 2.00 bits per heavy atom. The van der Waals surface area contributed by atoms with Gasteiger partial charge in [0.25, 0.3) is 0 Å². The lowest BCUT2D eigenvalue weighted by Crippen LogP contribution is -3.00. The second-order valence-corrected chi connectivity index (χ2v) is 3.79. The van der Waals surface area contributed by atoms with Crippen LogP contribution in [0.1, 0.15) is 19.3 Å². The molecule has 0 aliphatic heterocycles. The standard InChI is InChI=1S/C12H13NO2.BrH/c14-12(15)10-4-6-11(7-5-10)13-8-2-1-3-9-13;/h1-3,6,8-10H,4-5,7H2;1H. The molecule has 1 aromatic rings. The van der Waals surface area contributed by atoms with Crippen molar-refractivity contribution in [1.82, 2.24) is 0 Å². The molecule has 0 saturated carbocycles. The predicted molar refractivity (Wildman–Crippen MR) is 55.9 cm³/mol. The van der Waals surface area contributed by atoms with Crippen LogP contribution < -0.4 is 21.5 Å². The number of rotatable bonds is 2. The third-order valence-corrected chi connectivity index (χ3v) is 2.78. The van der Waals surface area contributed by atoms with Crippen LogP contribution >= 0.6 is 0 Å². The van der Waals surface area contributed by atoms with E-state index in [-0.39, 0.29) is 22.9 Å². The summed E-state index contributed by atoms with van der Waals surface area (Å²) in [5.41, 5.74) is 1.20. The Hall–Kier alpha value is -1.16. The molecule has 0 spiro atoms. The monoisotopic (exact) mass is 283 g/mol. The maximum Gasteiger partial charge on any atom is 0.306 e. The molecule has 16 heavy (non-hydrogen) atoms. The average molecular weight is 284 g/mol. The van der Waals surface area contributed by atoms with Crippen LogP contribution in [0.15, 0.2) is 36.7 Å². The van der Waals surface area contributed by atoms with Crippen LogP contribution in [0.4, 0.5) is 0 Å². The number of halogens is 1. The summed E-state index contributed by atoms with van der Waals surface area (Å²) < 4.78 is 2.05. The van der Waals surface area contributed by atoms with Gasteiger partial charge in [-0.2, -0.15) is 4.57 Å². The van der Waals surface area contributed by atoms with Crippen molar-refractivity contribution in [3.05, 3.63) is 36.7 Å². The van der Waals surface area contributed by atoms with E-state index < -0.39 is 5.97 Å². The minimum Gasteiger partial charge on any atom is -1.00 e. The third-order valence-electron chi connectivity index (χ3n) is 2.78. The highest BCUT2D eigenvalue weighted by molar-refractivity contribution is 5.71. The minimum atomic E-state index is -0.677.